The van der Waals surface area contributed by atoms with Crippen molar-refractivity contribution in [3.63, 3.8) is 0 Å². The number of amides is 1. The molecule has 7 heteroatoms. The highest BCUT2D eigenvalue weighted by Gasteiger charge is 2.13. The van der Waals surface area contributed by atoms with Crippen molar-refractivity contribution in [1.29, 1.82) is 0 Å². The molecule has 0 fully saturated rings. The van der Waals surface area contributed by atoms with Crippen LogP contribution in [0.1, 0.15) is 33.5 Å². The lowest BCUT2D eigenvalue weighted by molar-refractivity contribution is -0.127. The highest BCUT2D eigenvalue weighted by atomic mass is 16.3. The Hall–Kier alpha value is -2.02. The van der Waals surface area contributed by atoms with E-state index in [4.69, 9.17) is 4.42 Å². The molecule has 1 aromatic rings. The molecule has 0 aromatic carbocycles. The first-order valence-electron chi connectivity index (χ1n) is 9.31. The van der Waals surface area contributed by atoms with Crippen molar-refractivity contribution >= 4 is 11.9 Å². The summed E-state index contributed by atoms with van der Waals surface area (Å²) >= 11 is 0. The Morgan fingerprint density at radius 2 is 1.81 bits per heavy atom. The van der Waals surface area contributed by atoms with Crippen molar-refractivity contribution in [2.24, 2.45) is 4.99 Å². The summed E-state index contributed by atoms with van der Waals surface area (Å²) in [6.07, 6.45) is 2.43. The maximum atomic E-state index is 11.8. The van der Waals surface area contributed by atoms with Crippen LogP contribution >= 0.6 is 0 Å². The maximum absolute atomic E-state index is 11.8. The number of hydrogen-bond acceptors (Lipinski definition) is 4. The minimum absolute atomic E-state index is 0.0249. The first-order chi connectivity index (χ1) is 12.3. The summed E-state index contributed by atoms with van der Waals surface area (Å²) in [5, 5.41) is 6.60. The number of guanidine groups is 1. The average molecular weight is 366 g/mol. The van der Waals surface area contributed by atoms with Gasteiger partial charge in [0.25, 0.3) is 0 Å². The molecule has 0 aliphatic heterocycles. The lowest BCUT2D eigenvalue weighted by atomic mass is 10.2. The van der Waals surface area contributed by atoms with Gasteiger partial charge < -0.3 is 20.0 Å². The number of carbonyl (C=O) groups excluding carboxylic acids is 1. The van der Waals surface area contributed by atoms with Gasteiger partial charge in [-0.2, -0.15) is 0 Å². The topological polar surface area (TPSA) is 73.1 Å². The van der Waals surface area contributed by atoms with Gasteiger partial charge in [0.2, 0.25) is 5.91 Å². The molecule has 0 spiro atoms. The Labute approximate surface area is 157 Å². The molecule has 0 aliphatic rings. The zero-order chi connectivity index (χ0) is 19.5. The monoisotopic (exact) mass is 365 g/mol. The second-order valence-electron chi connectivity index (χ2n) is 7.06. The zero-order valence-corrected chi connectivity index (χ0v) is 17.1. The van der Waals surface area contributed by atoms with Gasteiger partial charge in [0.05, 0.1) is 6.26 Å². The van der Waals surface area contributed by atoms with Crippen LogP contribution in [0.25, 0.3) is 0 Å². The minimum atomic E-state index is -0.0249. The van der Waals surface area contributed by atoms with Gasteiger partial charge >= 0.3 is 0 Å². The van der Waals surface area contributed by atoms with E-state index in [9.17, 15) is 4.79 Å². The summed E-state index contributed by atoms with van der Waals surface area (Å²) in [6.45, 7) is 11.3. The fourth-order valence-electron chi connectivity index (χ4n) is 2.64. The average Bonchev–Trinajstić information content (AvgIpc) is 3.07. The molecule has 1 rings (SSSR count). The molecule has 0 radical (unpaired) electrons. The summed E-state index contributed by atoms with van der Waals surface area (Å²) in [4.78, 5) is 20.2. The van der Waals surface area contributed by atoms with Gasteiger partial charge in [0.1, 0.15) is 12.3 Å². The summed E-state index contributed by atoms with van der Waals surface area (Å²) in [6, 6.07) is 4.80. The third-order valence-electron chi connectivity index (χ3n) is 4.10. The highest BCUT2D eigenvalue weighted by Crippen LogP contribution is 2.03. The van der Waals surface area contributed by atoms with Crippen LogP contribution < -0.4 is 10.6 Å². The summed E-state index contributed by atoms with van der Waals surface area (Å²) in [5.74, 6) is 1.55. The Kier molecular flexibility index (Phi) is 9.80. The zero-order valence-electron chi connectivity index (χ0n) is 17.1. The third kappa shape index (κ3) is 8.38. The minimum Gasteiger partial charge on any atom is -0.469 e. The molecule has 0 saturated heterocycles. The van der Waals surface area contributed by atoms with Crippen molar-refractivity contribution in [2.45, 2.75) is 46.2 Å². The lowest BCUT2D eigenvalue weighted by Crippen LogP contribution is -2.46. The quantitative estimate of drug-likeness (QED) is 0.486. The molecule has 7 nitrogen and oxygen atoms in total. The number of furan rings is 1. The molecule has 0 unspecified atom stereocenters. The van der Waals surface area contributed by atoms with Crippen LogP contribution in [0.3, 0.4) is 0 Å². The van der Waals surface area contributed by atoms with Gasteiger partial charge in [0, 0.05) is 52.2 Å². The van der Waals surface area contributed by atoms with Gasteiger partial charge in [-0.1, -0.05) is 0 Å². The Balaban J connectivity index is 2.55. The van der Waals surface area contributed by atoms with E-state index in [0.29, 0.717) is 24.6 Å². The van der Waals surface area contributed by atoms with Gasteiger partial charge in [-0.3, -0.25) is 9.69 Å². The van der Waals surface area contributed by atoms with Crippen molar-refractivity contribution < 1.29 is 9.21 Å². The summed E-state index contributed by atoms with van der Waals surface area (Å²) in [5.41, 5.74) is 0. The summed E-state index contributed by atoms with van der Waals surface area (Å²) < 4.78 is 5.34. The molecule has 0 saturated carbocycles. The number of nitrogens with one attached hydrogen (secondary N) is 2. The second kappa shape index (κ2) is 11.6. The van der Waals surface area contributed by atoms with Crippen LogP contribution in [0.5, 0.6) is 0 Å². The van der Waals surface area contributed by atoms with Crippen LogP contribution in [0.15, 0.2) is 27.8 Å². The number of aliphatic imine (C=N–C) groups is 1. The summed E-state index contributed by atoms with van der Waals surface area (Å²) in [7, 11) is 3.47. The van der Waals surface area contributed by atoms with Gasteiger partial charge in [-0.25, -0.2) is 4.99 Å². The Bertz CT molecular complexity index is 530. The fourth-order valence-corrected chi connectivity index (χ4v) is 2.64. The number of hydrogen-bond donors (Lipinski definition) is 2. The lowest BCUT2D eigenvalue weighted by Gasteiger charge is -2.30. The molecular formula is C19H35N5O2. The van der Waals surface area contributed by atoms with Crippen molar-refractivity contribution in [1.82, 2.24) is 20.4 Å². The molecule has 148 valence electrons. The largest absolute Gasteiger partial charge is 0.469 e. The third-order valence-corrected chi connectivity index (χ3v) is 4.10. The van der Waals surface area contributed by atoms with Crippen molar-refractivity contribution in [3.05, 3.63) is 24.2 Å². The first-order valence-corrected chi connectivity index (χ1v) is 9.31. The number of nitrogens with zero attached hydrogens (tertiary/aromatic N) is 3. The number of likely N-dealkylation sites (N-methyl/N-ethyl adjacent to an activating group) is 1. The molecule has 26 heavy (non-hydrogen) atoms. The van der Waals surface area contributed by atoms with E-state index >= 15 is 0 Å². The molecule has 0 bridgehead atoms. The van der Waals surface area contributed by atoms with Gasteiger partial charge in [-0.15, -0.1) is 0 Å². The molecule has 1 amide bonds. The molecule has 0 aliphatic carbocycles. The normalized spacial score (nSPS) is 12.1. The fraction of sp³-hybridized carbons (Fsp3) is 0.684. The molecular weight excluding hydrogens is 330 g/mol. The Morgan fingerprint density at radius 1 is 1.15 bits per heavy atom. The van der Waals surface area contributed by atoms with Gasteiger partial charge in [-0.05, 0) is 39.8 Å². The Morgan fingerprint density at radius 3 is 2.35 bits per heavy atom. The van der Waals surface area contributed by atoms with Crippen molar-refractivity contribution in [2.75, 3.05) is 40.3 Å². The molecule has 0 atom stereocenters. The van der Waals surface area contributed by atoms with E-state index in [1.807, 2.05) is 12.1 Å². The van der Waals surface area contributed by atoms with Crippen LogP contribution in [-0.2, 0) is 11.2 Å². The number of rotatable bonds is 10. The van der Waals surface area contributed by atoms with E-state index < -0.39 is 0 Å². The predicted octanol–water partition coefficient (Wildman–Crippen LogP) is 1.56. The van der Waals surface area contributed by atoms with E-state index in [0.717, 1.165) is 25.3 Å². The van der Waals surface area contributed by atoms with Crippen LogP contribution in [0, 0.1) is 0 Å². The van der Waals surface area contributed by atoms with E-state index in [-0.39, 0.29) is 12.5 Å². The van der Waals surface area contributed by atoms with E-state index in [2.05, 4.69) is 48.2 Å². The first kappa shape index (κ1) is 22.0. The molecule has 1 heterocycles. The van der Waals surface area contributed by atoms with Gasteiger partial charge in [0.15, 0.2) is 5.96 Å². The highest BCUT2D eigenvalue weighted by molar-refractivity contribution is 5.84. The second-order valence-corrected chi connectivity index (χ2v) is 7.06. The standard InChI is InChI=1S/C19H35N5O2/c1-15(2)24(16(3)4)12-11-21-19(22-14-18(25)23(5)6)20-10-9-17-8-7-13-26-17/h7-8,13,15-16H,9-12,14H2,1-6H3,(H2,20,21,22). The molecule has 2 N–H and O–H groups in total. The predicted molar refractivity (Wildman–Crippen MR) is 106 cm³/mol. The van der Waals surface area contributed by atoms with E-state index in [1.165, 1.54) is 0 Å². The van der Waals surface area contributed by atoms with Crippen LogP contribution in [-0.4, -0.2) is 74.0 Å². The SMILES string of the molecule is CC(C)N(CCNC(=NCC(=O)N(C)C)NCCc1ccco1)C(C)C. The smallest absolute Gasteiger partial charge is 0.243 e. The van der Waals surface area contributed by atoms with Crippen molar-refractivity contribution in [3.8, 4) is 0 Å². The van der Waals surface area contributed by atoms with Crippen LogP contribution in [0.2, 0.25) is 0 Å². The number of carbonyl (C=O) groups is 1. The molecule has 1 aromatic heterocycles. The maximum Gasteiger partial charge on any atom is 0.243 e. The van der Waals surface area contributed by atoms with Crippen LogP contribution in [0.4, 0.5) is 0 Å². The van der Waals surface area contributed by atoms with E-state index in [1.54, 1.807) is 25.3 Å².